The number of fused-ring (bicyclic) bond motifs is 6. The number of thiophene rings is 1. The van der Waals surface area contributed by atoms with E-state index in [2.05, 4.69) is 32.8 Å². The van der Waals surface area contributed by atoms with Crippen LogP contribution >= 0.6 is 11.3 Å². The highest BCUT2D eigenvalue weighted by molar-refractivity contribution is 7.08. The molecule has 1 saturated carbocycles. The number of imide groups is 1. The number of carbonyl (C=O) groups is 2. The molecule has 8 nitrogen and oxygen atoms in total. The van der Waals surface area contributed by atoms with E-state index in [0.717, 1.165) is 12.0 Å². The Kier molecular flexibility index (Phi) is 3.61. The van der Waals surface area contributed by atoms with Crippen molar-refractivity contribution in [3.63, 3.8) is 0 Å². The van der Waals surface area contributed by atoms with Crippen molar-refractivity contribution in [1.29, 1.82) is 0 Å². The highest BCUT2D eigenvalue weighted by Crippen LogP contribution is 2.52. The first-order chi connectivity index (χ1) is 14.2. The maximum absolute atomic E-state index is 12.8. The van der Waals surface area contributed by atoms with Crippen molar-refractivity contribution in [2.45, 2.75) is 6.42 Å². The standard InChI is InChI=1S/C20H18N6O2S/c27-19-16-11-1-2-12(9-11)17(16)20(28)25(19)7-6-21-14-3-4-15-22-23-18(26(15)24-14)13-5-8-29-10-13/h1-5,8,10-12,16-17H,6-7,9H2,(H,21,24). The van der Waals surface area contributed by atoms with Gasteiger partial charge in [0.15, 0.2) is 11.5 Å². The molecule has 4 unspecified atom stereocenters. The molecule has 1 aliphatic heterocycles. The Labute approximate surface area is 170 Å². The maximum Gasteiger partial charge on any atom is 0.233 e. The summed E-state index contributed by atoms with van der Waals surface area (Å²) in [5, 5.41) is 20.2. The molecule has 9 heteroatoms. The Morgan fingerprint density at radius 3 is 2.59 bits per heavy atom. The molecule has 2 amide bonds. The van der Waals surface area contributed by atoms with E-state index >= 15 is 0 Å². The summed E-state index contributed by atoms with van der Waals surface area (Å²) in [6, 6.07) is 5.65. The Morgan fingerprint density at radius 2 is 1.86 bits per heavy atom. The largest absolute Gasteiger partial charge is 0.367 e. The Balaban J connectivity index is 1.16. The van der Waals surface area contributed by atoms with Crippen LogP contribution in [0.5, 0.6) is 0 Å². The number of anilines is 1. The summed E-state index contributed by atoms with van der Waals surface area (Å²) >= 11 is 1.59. The van der Waals surface area contributed by atoms with Crippen LogP contribution in [0.25, 0.3) is 17.0 Å². The lowest BCUT2D eigenvalue weighted by molar-refractivity contribution is -0.140. The molecule has 29 heavy (non-hydrogen) atoms. The highest BCUT2D eigenvalue weighted by Gasteiger charge is 2.58. The quantitative estimate of drug-likeness (QED) is 0.515. The Morgan fingerprint density at radius 1 is 1.07 bits per heavy atom. The summed E-state index contributed by atoms with van der Waals surface area (Å²) in [7, 11) is 0. The summed E-state index contributed by atoms with van der Waals surface area (Å²) in [6.45, 7) is 0.803. The molecule has 1 N–H and O–H groups in total. The van der Waals surface area contributed by atoms with Crippen LogP contribution in [-0.4, -0.2) is 49.6 Å². The zero-order valence-corrected chi connectivity index (χ0v) is 16.2. The average molecular weight is 406 g/mol. The number of allylic oxidation sites excluding steroid dienone is 2. The third-order valence-corrected chi connectivity index (χ3v) is 6.93. The van der Waals surface area contributed by atoms with Gasteiger partial charge in [-0.05, 0) is 41.8 Å². The van der Waals surface area contributed by atoms with E-state index < -0.39 is 0 Å². The van der Waals surface area contributed by atoms with Gasteiger partial charge in [0.25, 0.3) is 0 Å². The zero-order valence-electron chi connectivity index (χ0n) is 15.4. The number of hydrogen-bond acceptors (Lipinski definition) is 7. The predicted molar refractivity (Wildman–Crippen MR) is 107 cm³/mol. The van der Waals surface area contributed by atoms with Crippen molar-refractivity contribution in [1.82, 2.24) is 24.7 Å². The topological polar surface area (TPSA) is 92.5 Å². The Hall–Kier alpha value is -3.07. The molecule has 0 radical (unpaired) electrons. The SMILES string of the molecule is O=C1C2C3C=CC(C3)C2C(=O)N1CCNc1ccc2nnc(-c3ccsc3)n2n1. The van der Waals surface area contributed by atoms with Gasteiger partial charge in [0.1, 0.15) is 5.82 Å². The van der Waals surface area contributed by atoms with E-state index in [4.69, 9.17) is 0 Å². The minimum absolute atomic E-state index is 0.0133. The summed E-state index contributed by atoms with van der Waals surface area (Å²) in [5.41, 5.74) is 1.63. The van der Waals surface area contributed by atoms with E-state index in [1.165, 1.54) is 4.90 Å². The number of aromatic nitrogens is 4. The zero-order chi connectivity index (χ0) is 19.5. The highest BCUT2D eigenvalue weighted by atomic mass is 32.1. The van der Waals surface area contributed by atoms with E-state index in [1.54, 1.807) is 15.9 Å². The normalized spacial score (nSPS) is 27.4. The van der Waals surface area contributed by atoms with Gasteiger partial charge < -0.3 is 5.32 Å². The van der Waals surface area contributed by atoms with E-state index in [0.29, 0.717) is 30.4 Å². The summed E-state index contributed by atoms with van der Waals surface area (Å²) in [6.07, 6.45) is 5.18. The molecule has 0 aromatic carbocycles. The van der Waals surface area contributed by atoms with E-state index in [1.807, 2.05) is 29.0 Å². The lowest BCUT2D eigenvalue weighted by atomic mass is 9.85. The number of carbonyl (C=O) groups excluding carboxylic acids is 2. The first-order valence-electron chi connectivity index (χ1n) is 9.73. The van der Waals surface area contributed by atoms with Crippen molar-refractivity contribution < 1.29 is 9.59 Å². The first kappa shape index (κ1) is 16.8. The third kappa shape index (κ3) is 2.46. The van der Waals surface area contributed by atoms with Crippen LogP contribution in [0, 0.1) is 23.7 Å². The van der Waals surface area contributed by atoms with Gasteiger partial charge in [0.2, 0.25) is 11.8 Å². The molecule has 2 fully saturated rings. The third-order valence-electron chi connectivity index (χ3n) is 6.25. The lowest BCUT2D eigenvalue weighted by Gasteiger charge is -2.17. The van der Waals surface area contributed by atoms with Gasteiger partial charge in [-0.25, -0.2) is 0 Å². The molecular weight excluding hydrogens is 388 g/mol. The van der Waals surface area contributed by atoms with Crippen LogP contribution in [0.2, 0.25) is 0 Å². The van der Waals surface area contributed by atoms with Crippen LogP contribution in [-0.2, 0) is 9.59 Å². The second-order valence-electron chi connectivity index (χ2n) is 7.78. The van der Waals surface area contributed by atoms with E-state index in [9.17, 15) is 9.59 Å². The van der Waals surface area contributed by atoms with Gasteiger partial charge in [0, 0.05) is 24.0 Å². The number of nitrogens with zero attached hydrogens (tertiary/aromatic N) is 5. The minimum atomic E-state index is -0.142. The maximum atomic E-state index is 12.8. The van der Waals surface area contributed by atoms with Crippen LogP contribution < -0.4 is 5.32 Å². The van der Waals surface area contributed by atoms with Gasteiger partial charge >= 0.3 is 0 Å². The molecule has 1 saturated heterocycles. The molecule has 3 aliphatic rings. The minimum Gasteiger partial charge on any atom is -0.367 e. The molecule has 146 valence electrons. The van der Waals surface area contributed by atoms with Gasteiger partial charge in [-0.1, -0.05) is 12.2 Å². The molecule has 3 aromatic heterocycles. The lowest BCUT2D eigenvalue weighted by Crippen LogP contribution is -2.36. The number of hydrogen-bond donors (Lipinski definition) is 1. The fourth-order valence-electron chi connectivity index (χ4n) is 4.94. The molecular formula is C20H18N6O2S. The number of likely N-dealkylation sites (tertiary alicyclic amines) is 1. The Bertz CT molecular complexity index is 1120. The fourth-order valence-corrected chi connectivity index (χ4v) is 5.57. The molecule has 0 spiro atoms. The van der Waals surface area contributed by atoms with Crippen molar-refractivity contribution in [2.75, 3.05) is 18.4 Å². The molecule has 4 heterocycles. The molecule has 4 atom stereocenters. The molecule has 2 bridgehead atoms. The summed E-state index contributed by atoms with van der Waals surface area (Å²) in [5.74, 6) is 1.51. The van der Waals surface area contributed by atoms with Crippen molar-refractivity contribution in [3.8, 4) is 11.4 Å². The average Bonchev–Trinajstić information content (AvgIpc) is 3.52. The van der Waals surface area contributed by atoms with Crippen LogP contribution in [0.4, 0.5) is 5.82 Å². The number of nitrogens with one attached hydrogen (secondary N) is 1. The van der Waals surface area contributed by atoms with Crippen LogP contribution in [0.3, 0.4) is 0 Å². The monoisotopic (exact) mass is 406 g/mol. The van der Waals surface area contributed by atoms with Crippen molar-refractivity contribution >= 4 is 34.6 Å². The van der Waals surface area contributed by atoms with Gasteiger partial charge in [0.05, 0.1) is 11.8 Å². The van der Waals surface area contributed by atoms with Gasteiger partial charge in [-0.15, -0.1) is 15.3 Å². The van der Waals surface area contributed by atoms with Crippen molar-refractivity contribution in [3.05, 3.63) is 41.1 Å². The van der Waals surface area contributed by atoms with E-state index in [-0.39, 0.29) is 35.5 Å². The van der Waals surface area contributed by atoms with Crippen LogP contribution in [0.1, 0.15) is 6.42 Å². The van der Waals surface area contributed by atoms with Gasteiger partial charge in [-0.3, -0.25) is 14.5 Å². The first-order valence-corrected chi connectivity index (χ1v) is 10.7. The molecule has 3 aromatic rings. The number of amides is 2. The van der Waals surface area contributed by atoms with Crippen molar-refractivity contribution in [2.24, 2.45) is 23.7 Å². The summed E-state index contributed by atoms with van der Waals surface area (Å²) < 4.78 is 1.70. The fraction of sp³-hybridized carbons (Fsp3) is 0.350. The smallest absolute Gasteiger partial charge is 0.233 e. The molecule has 2 aliphatic carbocycles. The predicted octanol–water partition coefficient (Wildman–Crippen LogP) is 2.07. The van der Waals surface area contributed by atoms with Gasteiger partial charge in [-0.2, -0.15) is 15.9 Å². The summed E-state index contributed by atoms with van der Waals surface area (Å²) in [4.78, 5) is 26.9. The second kappa shape index (κ2) is 6.21. The number of rotatable bonds is 5. The van der Waals surface area contributed by atoms with Crippen LogP contribution in [0.15, 0.2) is 41.1 Å². The second-order valence-corrected chi connectivity index (χ2v) is 8.56. The molecule has 6 rings (SSSR count).